The standard InChI is InChI=1S/C28H30F6N4O4/c1-41-14-19(25(39)35-15-28(32,33)34)18-7-8-20-23(21(18)29)37-24(36-20)22(17-9-11-27(30,31)12-10-17)38-26(40)42-13-16-5-3-2-4-6-16/h2-8,17,19,22H,9-15H2,1H3,(H,35,39)(H,36,37)(H,38,40). The molecule has 1 fully saturated rings. The summed E-state index contributed by atoms with van der Waals surface area (Å²) in [6.45, 7) is -2.05. The first-order valence-corrected chi connectivity index (χ1v) is 13.2. The van der Waals surface area contributed by atoms with Gasteiger partial charge in [-0.1, -0.05) is 36.4 Å². The first-order valence-electron chi connectivity index (χ1n) is 13.2. The van der Waals surface area contributed by atoms with E-state index in [4.69, 9.17) is 9.47 Å². The minimum atomic E-state index is -4.67. The molecule has 228 valence electrons. The van der Waals surface area contributed by atoms with Gasteiger partial charge in [-0.05, 0) is 30.4 Å². The fraction of sp³-hybridized carbons (Fsp3) is 0.464. The number of amides is 2. The van der Waals surface area contributed by atoms with Crippen LogP contribution in [0.3, 0.4) is 0 Å². The van der Waals surface area contributed by atoms with Crippen molar-refractivity contribution in [3.63, 3.8) is 0 Å². The highest BCUT2D eigenvalue weighted by Crippen LogP contribution is 2.41. The van der Waals surface area contributed by atoms with Crippen LogP contribution >= 0.6 is 0 Å². The molecule has 2 amide bonds. The fourth-order valence-electron chi connectivity index (χ4n) is 4.97. The molecule has 42 heavy (non-hydrogen) atoms. The highest BCUT2D eigenvalue weighted by molar-refractivity contribution is 5.86. The third-order valence-electron chi connectivity index (χ3n) is 7.14. The molecule has 4 rings (SSSR count). The lowest BCUT2D eigenvalue weighted by Gasteiger charge is -2.33. The predicted molar refractivity (Wildman–Crippen MR) is 139 cm³/mol. The second kappa shape index (κ2) is 13.0. The lowest BCUT2D eigenvalue weighted by atomic mass is 9.82. The van der Waals surface area contributed by atoms with Gasteiger partial charge >= 0.3 is 12.3 Å². The average Bonchev–Trinajstić information content (AvgIpc) is 3.38. The van der Waals surface area contributed by atoms with Crippen molar-refractivity contribution in [2.75, 3.05) is 20.3 Å². The summed E-state index contributed by atoms with van der Waals surface area (Å²) in [6.07, 6.45) is -6.20. The van der Waals surface area contributed by atoms with Crippen LogP contribution in [-0.2, 0) is 20.9 Å². The lowest BCUT2D eigenvalue weighted by Crippen LogP contribution is -2.38. The molecule has 1 saturated carbocycles. The van der Waals surface area contributed by atoms with Gasteiger partial charge in [0.25, 0.3) is 0 Å². The number of benzene rings is 2. The van der Waals surface area contributed by atoms with Crippen LogP contribution < -0.4 is 10.6 Å². The number of methoxy groups -OCH3 is 1. The summed E-state index contributed by atoms with van der Waals surface area (Å²) >= 11 is 0. The van der Waals surface area contributed by atoms with Crippen molar-refractivity contribution in [3.8, 4) is 0 Å². The third kappa shape index (κ3) is 7.93. The maximum atomic E-state index is 15.7. The van der Waals surface area contributed by atoms with Gasteiger partial charge in [-0.15, -0.1) is 0 Å². The Hall–Kier alpha value is -3.81. The van der Waals surface area contributed by atoms with E-state index in [1.165, 1.54) is 19.2 Å². The zero-order chi connectivity index (χ0) is 30.5. The smallest absolute Gasteiger partial charge is 0.408 e. The molecule has 1 aliphatic carbocycles. The predicted octanol–water partition coefficient (Wildman–Crippen LogP) is 5.90. The van der Waals surface area contributed by atoms with Crippen molar-refractivity contribution in [1.29, 1.82) is 0 Å². The van der Waals surface area contributed by atoms with Crippen LogP contribution in [-0.4, -0.2) is 54.3 Å². The van der Waals surface area contributed by atoms with Gasteiger partial charge in [-0.2, -0.15) is 13.2 Å². The lowest BCUT2D eigenvalue weighted by molar-refractivity contribution is -0.140. The van der Waals surface area contributed by atoms with Crippen LogP contribution in [0, 0.1) is 11.7 Å². The molecule has 2 atom stereocenters. The van der Waals surface area contributed by atoms with Gasteiger partial charge in [0, 0.05) is 25.5 Å². The Morgan fingerprint density at radius 3 is 2.45 bits per heavy atom. The SMILES string of the molecule is COCC(C(=O)NCC(F)(F)F)c1ccc2[nH]c(C(NC(=O)OCc3ccccc3)C3CCC(F)(F)CC3)nc2c1F. The number of H-pyrrole nitrogens is 1. The number of alkyl halides is 5. The molecule has 0 spiro atoms. The van der Waals surface area contributed by atoms with E-state index < -0.39 is 73.8 Å². The van der Waals surface area contributed by atoms with Gasteiger partial charge in [0.05, 0.1) is 24.1 Å². The number of carbonyl (C=O) groups excluding carboxylic acids is 2. The van der Waals surface area contributed by atoms with Crippen molar-refractivity contribution >= 4 is 23.0 Å². The van der Waals surface area contributed by atoms with Gasteiger partial charge in [-0.3, -0.25) is 4.79 Å². The van der Waals surface area contributed by atoms with Gasteiger partial charge in [-0.25, -0.2) is 22.9 Å². The van der Waals surface area contributed by atoms with E-state index in [1.807, 2.05) is 0 Å². The Bertz CT molecular complexity index is 1370. The first kappa shape index (κ1) is 31.1. The number of hydrogen-bond donors (Lipinski definition) is 3. The summed E-state index contributed by atoms with van der Waals surface area (Å²) in [7, 11) is 1.22. The van der Waals surface area contributed by atoms with E-state index in [9.17, 15) is 31.5 Å². The Labute approximate surface area is 237 Å². The van der Waals surface area contributed by atoms with Crippen LogP contribution in [0.25, 0.3) is 11.0 Å². The van der Waals surface area contributed by atoms with Crippen molar-refractivity contribution in [1.82, 2.24) is 20.6 Å². The Morgan fingerprint density at radius 1 is 1.12 bits per heavy atom. The summed E-state index contributed by atoms with van der Waals surface area (Å²) < 4.78 is 91.7. The second-order valence-electron chi connectivity index (χ2n) is 10.2. The van der Waals surface area contributed by atoms with E-state index in [0.717, 1.165) is 5.56 Å². The molecule has 14 heteroatoms. The van der Waals surface area contributed by atoms with Gasteiger partial charge < -0.3 is 25.1 Å². The number of carbonyl (C=O) groups is 2. The molecular formula is C28H30F6N4O4. The summed E-state index contributed by atoms with van der Waals surface area (Å²) in [5.74, 6) is -6.72. The summed E-state index contributed by atoms with van der Waals surface area (Å²) in [5.41, 5.74) is 0.414. The molecule has 1 heterocycles. The van der Waals surface area contributed by atoms with Crippen molar-refractivity contribution in [3.05, 3.63) is 65.2 Å². The average molecular weight is 601 g/mol. The number of halogens is 6. The number of alkyl carbamates (subject to hydrolysis) is 1. The molecule has 2 aromatic carbocycles. The fourth-order valence-corrected chi connectivity index (χ4v) is 4.97. The first-order chi connectivity index (χ1) is 19.9. The van der Waals surface area contributed by atoms with Gasteiger partial charge in [0.2, 0.25) is 11.8 Å². The zero-order valence-corrected chi connectivity index (χ0v) is 22.6. The van der Waals surface area contributed by atoms with Gasteiger partial charge in [0.15, 0.2) is 5.82 Å². The molecule has 3 aromatic rings. The maximum absolute atomic E-state index is 15.7. The molecule has 0 bridgehead atoms. The summed E-state index contributed by atoms with van der Waals surface area (Å²) in [4.78, 5) is 32.5. The highest BCUT2D eigenvalue weighted by atomic mass is 19.4. The van der Waals surface area contributed by atoms with Crippen LogP contribution in [0.15, 0.2) is 42.5 Å². The molecule has 8 nitrogen and oxygen atoms in total. The van der Waals surface area contributed by atoms with E-state index in [0.29, 0.717) is 0 Å². The number of rotatable bonds is 10. The van der Waals surface area contributed by atoms with E-state index in [1.54, 1.807) is 35.6 Å². The summed E-state index contributed by atoms with van der Waals surface area (Å²) in [6, 6.07) is 10.5. The second-order valence-corrected chi connectivity index (χ2v) is 10.2. The van der Waals surface area contributed by atoms with Crippen LogP contribution in [0.4, 0.5) is 31.1 Å². The maximum Gasteiger partial charge on any atom is 0.408 e. The van der Waals surface area contributed by atoms with E-state index >= 15 is 4.39 Å². The molecule has 1 aromatic heterocycles. The number of ether oxygens (including phenoxy) is 2. The molecule has 0 radical (unpaired) electrons. The minimum Gasteiger partial charge on any atom is -0.445 e. The number of nitrogens with one attached hydrogen (secondary N) is 3. The van der Waals surface area contributed by atoms with Crippen LogP contribution in [0.5, 0.6) is 0 Å². The van der Waals surface area contributed by atoms with E-state index in [-0.39, 0.29) is 41.9 Å². The van der Waals surface area contributed by atoms with Crippen LogP contribution in [0.1, 0.15) is 54.6 Å². The normalized spacial score (nSPS) is 17.0. The molecule has 3 N–H and O–H groups in total. The quantitative estimate of drug-likeness (QED) is 0.251. The minimum absolute atomic E-state index is 0.0441. The Balaban J connectivity index is 1.61. The number of fused-ring (bicyclic) bond motifs is 1. The number of hydrogen-bond acceptors (Lipinski definition) is 5. The monoisotopic (exact) mass is 600 g/mol. The number of imidazole rings is 1. The van der Waals surface area contributed by atoms with Crippen LogP contribution in [0.2, 0.25) is 0 Å². The Morgan fingerprint density at radius 2 is 1.81 bits per heavy atom. The van der Waals surface area contributed by atoms with Crippen molar-refractivity contribution in [2.45, 2.75) is 56.3 Å². The van der Waals surface area contributed by atoms with E-state index in [2.05, 4.69) is 15.3 Å². The Kier molecular flexibility index (Phi) is 9.64. The highest BCUT2D eigenvalue weighted by Gasteiger charge is 2.40. The molecule has 2 unspecified atom stereocenters. The number of nitrogens with zero attached hydrogens (tertiary/aromatic N) is 1. The number of aromatic amines is 1. The van der Waals surface area contributed by atoms with Crippen molar-refractivity contribution < 1.29 is 45.4 Å². The number of aromatic nitrogens is 2. The topological polar surface area (TPSA) is 105 Å². The molecular weight excluding hydrogens is 570 g/mol. The largest absolute Gasteiger partial charge is 0.445 e. The zero-order valence-electron chi connectivity index (χ0n) is 22.6. The molecule has 0 aliphatic heterocycles. The summed E-state index contributed by atoms with van der Waals surface area (Å²) in [5, 5.41) is 4.41. The van der Waals surface area contributed by atoms with Crippen molar-refractivity contribution in [2.24, 2.45) is 5.92 Å². The van der Waals surface area contributed by atoms with Gasteiger partial charge in [0.1, 0.15) is 24.5 Å². The third-order valence-corrected chi connectivity index (χ3v) is 7.14. The molecule has 0 saturated heterocycles. The molecule has 1 aliphatic rings.